The molecule has 1 aromatic heterocycles. The normalized spacial score (nSPS) is 16.7. The Bertz CT molecular complexity index is 637. The van der Waals surface area contributed by atoms with Gasteiger partial charge < -0.3 is 0 Å². The average Bonchev–Trinajstić information content (AvgIpc) is 2.88. The maximum Gasteiger partial charge on any atom is 0.151 e. The van der Waals surface area contributed by atoms with Gasteiger partial charge in [0.1, 0.15) is 0 Å². The molecule has 0 N–H and O–H groups in total. The predicted octanol–water partition coefficient (Wildman–Crippen LogP) is 4.09. The van der Waals surface area contributed by atoms with Crippen LogP contribution in [0.3, 0.4) is 0 Å². The summed E-state index contributed by atoms with van der Waals surface area (Å²) in [7, 11) is 0. The standard InChI is InChI=1S/C16H16ClNOS/c1-11(19)16(13-4-2-3-5-14(13)17)18-8-6-15-12(10-18)7-9-20-15/h2-5,7,9,16H,6,8,10H2,1H3/t16-/m1/s1. The molecule has 0 aliphatic carbocycles. The minimum Gasteiger partial charge on any atom is -0.298 e. The fourth-order valence-electron chi connectivity index (χ4n) is 2.86. The van der Waals surface area contributed by atoms with Crippen molar-refractivity contribution in [2.75, 3.05) is 6.54 Å². The summed E-state index contributed by atoms with van der Waals surface area (Å²) in [6, 6.07) is 9.57. The average molecular weight is 306 g/mol. The molecule has 20 heavy (non-hydrogen) atoms. The zero-order chi connectivity index (χ0) is 14.1. The summed E-state index contributed by atoms with van der Waals surface area (Å²) in [6.07, 6.45) is 1.02. The molecule has 4 heteroatoms. The second-order valence-corrected chi connectivity index (χ2v) is 6.53. The molecule has 0 bridgehead atoms. The summed E-state index contributed by atoms with van der Waals surface area (Å²) in [4.78, 5) is 15.8. The zero-order valence-electron chi connectivity index (χ0n) is 11.3. The van der Waals surface area contributed by atoms with Gasteiger partial charge >= 0.3 is 0 Å². The molecule has 0 unspecified atom stereocenters. The highest BCUT2D eigenvalue weighted by Crippen LogP contribution is 2.33. The third kappa shape index (κ3) is 2.53. The second kappa shape index (κ2) is 5.68. The van der Waals surface area contributed by atoms with Crippen molar-refractivity contribution >= 4 is 28.7 Å². The SMILES string of the molecule is CC(=O)[C@H](c1ccccc1Cl)N1CCc2sccc2C1. The Balaban J connectivity index is 1.93. The van der Waals surface area contributed by atoms with Crippen LogP contribution >= 0.6 is 22.9 Å². The van der Waals surface area contributed by atoms with E-state index in [1.54, 1.807) is 6.92 Å². The van der Waals surface area contributed by atoms with Gasteiger partial charge in [-0.25, -0.2) is 0 Å². The summed E-state index contributed by atoms with van der Waals surface area (Å²) >= 11 is 8.09. The Labute approximate surface area is 128 Å². The molecular weight excluding hydrogens is 290 g/mol. The zero-order valence-corrected chi connectivity index (χ0v) is 12.9. The molecule has 1 aliphatic heterocycles. The molecular formula is C16H16ClNOS. The lowest BCUT2D eigenvalue weighted by Crippen LogP contribution is -2.37. The molecule has 1 atom stereocenters. The van der Waals surface area contributed by atoms with E-state index in [4.69, 9.17) is 11.6 Å². The van der Waals surface area contributed by atoms with Gasteiger partial charge in [-0.05, 0) is 42.0 Å². The molecule has 0 saturated carbocycles. The van der Waals surface area contributed by atoms with Gasteiger partial charge in [0.05, 0.1) is 6.04 Å². The number of carbonyl (C=O) groups excluding carboxylic acids is 1. The highest BCUT2D eigenvalue weighted by Gasteiger charge is 2.29. The molecule has 104 valence electrons. The number of thiophene rings is 1. The van der Waals surface area contributed by atoms with E-state index < -0.39 is 0 Å². The van der Waals surface area contributed by atoms with E-state index in [0.717, 1.165) is 25.1 Å². The Hall–Kier alpha value is -1.16. The minimum atomic E-state index is -0.239. The van der Waals surface area contributed by atoms with Crippen LogP contribution in [-0.4, -0.2) is 17.2 Å². The number of nitrogens with zero attached hydrogens (tertiary/aromatic N) is 1. The van der Waals surface area contributed by atoms with E-state index in [-0.39, 0.29) is 11.8 Å². The first-order chi connectivity index (χ1) is 9.66. The van der Waals surface area contributed by atoms with Gasteiger partial charge in [0.25, 0.3) is 0 Å². The number of halogens is 1. The molecule has 0 spiro atoms. The first kappa shape index (κ1) is 13.8. The highest BCUT2D eigenvalue weighted by atomic mass is 35.5. The van der Waals surface area contributed by atoms with E-state index in [2.05, 4.69) is 16.3 Å². The number of hydrogen-bond donors (Lipinski definition) is 0. The Kier molecular flexibility index (Phi) is 3.92. The summed E-state index contributed by atoms with van der Waals surface area (Å²) in [6.45, 7) is 3.38. The molecule has 3 rings (SSSR count). The number of Topliss-reactive ketones (excluding diaryl/α,β-unsaturated/α-hetero) is 1. The van der Waals surface area contributed by atoms with Crippen LogP contribution in [0.4, 0.5) is 0 Å². The summed E-state index contributed by atoms with van der Waals surface area (Å²) in [5.74, 6) is 0.150. The van der Waals surface area contributed by atoms with Gasteiger partial charge in [0, 0.05) is 23.0 Å². The number of carbonyl (C=O) groups is 1. The number of rotatable bonds is 3. The number of ketones is 1. The molecule has 1 aromatic carbocycles. The molecule has 1 aliphatic rings. The highest BCUT2D eigenvalue weighted by molar-refractivity contribution is 7.10. The van der Waals surface area contributed by atoms with Gasteiger partial charge in [-0.2, -0.15) is 0 Å². The lowest BCUT2D eigenvalue weighted by atomic mass is 9.98. The maximum atomic E-state index is 12.1. The Morgan fingerprint density at radius 1 is 1.35 bits per heavy atom. The van der Waals surface area contributed by atoms with E-state index in [1.165, 1.54) is 10.4 Å². The van der Waals surface area contributed by atoms with Crippen LogP contribution in [0.15, 0.2) is 35.7 Å². The topological polar surface area (TPSA) is 20.3 Å². The van der Waals surface area contributed by atoms with Crippen molar-refractivity contribution in [2.24, 2.45) is 0 Å². The first-order valence-electron chi connectivity index (χ1n) is 6.71. The number of benzene rings is 1. The predicted molar refractivity (Wildman–Crippen MR) is 83.3 cm³/mol. The fourth-order valence-corrected chi connectivity index (χ4v) is 3.99. The van der Waals surface area contributed by atoms with Crippen molar-refractivity contribution in [3.05, 3.63) is 56.7 Å². The van der Waals surface area contributed by atoms with E-state index in [9.17, 15) is 4.79 Å². The van der Waals surface area contributed by atoms with Gasteiger partial charge in [0.15, 0.2) is 5.78 Å². The Morgan fingerprint density at radius 3 is 2.90 bits per heavy atom. The van der Waals surface area contributed by atoms with E-state index in [1.807, 2.05) is 35.6 Å². The molecule has 0 amide bonds. The van der Waals surface area contributed by atoms with Crippen LogP contribution < -0.4 is 0 Å². The molecule has 0 radical (unpaired) electrons. The van der Waals surface area contributed by atoms with Crippen LogP contribution in [0, 0.1) is 0 Å². The van der Waals surface area contributed by atoms with Crippen molar-refractivity contribution in [3.8, 4) is 0 Å². The number of fused-ring (bicyclic) bond motifs is 1. The third-order valence-corrected chi connectivity index (χ3v) is 5.15. The first-order valence-corrected chi connectivity index (χ1v) is 7.97. The summed E-state index contributed by atoms with van der Waals surface area (Å²) in [5, 5.41) is 2.80. The van der Waals surface area contributed by atoms with E-state index in [0.29, 0.717) is 5.02 Å². The van der Waals surface area contributed by atoms with Crippen molar-refractivity contribution in [2.45, 2.75) is 25.9 Å². The molecule has 2 aromatic rings. The van der Waals surface area contributed by atoms with Crippen molar-refractivity contribution in [1.82, 2.24) is 4.90 Å². The van der Waals surface area contributed by atoms with Gasteiger partial charge in [-0.15, -0.1) is 11.3 Å². The van der Waals surface area contributed by atoms with Crippen molar-refractivity contribution < 1.29 is 4.79 Å². The van der Waals surface area contributed by atoms with Gasteiger partial charge in [-0.1, -0.05) is 29.8 Å². The molecule has 2 nitrogen and oxygen atoms in total. The van der Waals surface area contributed by atoms with Crippen LogP contribution in [0.2, 0.25) is 5.02 Å². The minimum absolute atomic E-state index is 0.150. The monoisotopic (exact) mass is 305 g/mol. The van der Waals surface area contributed by atoms with Crippen LogP contribution in [0.1, 0.15) is 29.0 Å². The van der Waals surface area contributed by atoms with Gasteiger partial charge in [-0.3, -0.25) is 9.69 Å². The maximum absolute atomic E-state index is 12.1. The lowest BCUT2D eigenvalue weighted by molar-refractivity contribution is -0.122. The molecule has 0 saturated heterocycles. The lowest BCUT2D eigenvalue weighted by Gasteiger charge is -2.33. The summed E-state index contributed by atoms with van der Waals surface area (Å²) < 4.78 is 0. The van der Waals surface area contributed by atoms with Crippen molar-refractivity contribution in [1.29, 1.82) is 0 Å². The van der Waals surface area contributed by atoms with Crippen LogP contribution in [0.25, 0.3) is 0 Å². The second-order valence-electron chi connectivity index (χ2n) is 5.12. The van der Waals surface area contributed by atoms with Crippen LogP contribution in [0.5, 0.6) is 0 Å². The largest absolute Gasteiger partial charge is 0.298 e. The third-order valence-electron chi connectivity index (χ3n) is 3.79. The fraction of sp³-hybridized carbons (Fsp3) is 0.312. The van der Waals surface area contributed by atoms with Gasteiger partial charge in [0.2, 0.25) is 0 Å². The smallest absolute Gasteiger partial charge is 0.151 e. The Morgan fingerprint density at radius 2 is 2.15 bits per heavy atom. The number of hydrogen-bond acceptors (Lipinski definition) is 3. The van der Waals surface area contributed by atoms with Crippen LogP contribution in [-0.2, 0) is 17.8 Å². The van der Waals surface area contributed by atoms with Crippen molar-refractivity contribution in [3.63, 3.8) is 0 Å². The molecule has 0 fully saturated rings. The summed E-state index contributed by atoms with van der Waals surface area (Å²) in [5.41, 5.74) is 2.26. The van der Waals surface area contributed by atoms with E-state index >= 15 is 0 Å². The quantitative estimate of drug-likeness (QED) is 0.851. The molecule has 2 heterocycles.